The number of nitrogens with zero attached hydrogens (tertiary/aromatic N) is 2. The summed E-state index contributed by atoms with van der Waals surface area (Å²) in [5.74, 6) is -0.841. The van der Waals surface area contributed by atoms with E-state index in [9.17, 15) is 4.79 Å². The molecule has 0 heterocycles. The Morgan fingerprint density at radius 2 is 1.85 bits per heavy atom. The lowest BCUT2D eigenvalue weighted by molar-refractivity contribution is -0.135. The molecule has 0 spiro atoms. The van der Waals surface area contributed by atoms with Gasteiger partial charge in [0.25, 0.3) is 0 Å². The van der Waals surface area contributed by atoms with Crippen LogP contribution in [-0.2, 0) is 11.2 Å². The number of fused-ring (bicyclic) bond motifs is 1. The van der Waals surface area contributed by atoms with E-state index in [0.717, 1.165) is 34.3 Å². The van der Waals surface area contributed by atoms with E-state index in [4.69, 9.17) is 5.11 Å². The Balaban J connectivity index is 1.75. The molecule has 0 radical (unpaired) electrons. The maximum absolute atomic E-state index is 10.9. The first-order valence-corrected chi connectivity index (χ1v) is 8.82. The van der Waals surface area contributed by atoms with Crippen LogP contribution in [0.1, 0.15) is 5.56 Å². The molecule has 0 aliphatic heterocycles. The number of carboxylic acid groups (broad SMARTS) is 1. The summed E-state index contributed by atoms with van der Waals surface area (Å²) < 4.78 is 0. The molecule has 0 fully saturated rings. The molecule has 0 saturated carbocycles. The number of aliphatic imine (C=N–C) groups is 1. The zero-order valence-electron chi connectivity index (χ0n) is 15.5. The van der Waals surface area contributed by atoms with Gasteiger partial charge in [0.15, 0.2) is 0 Å². The molecule has 0 saturated heterocycles. The molecule has 3 aromatic rings. The van der Waals surface area contributed by atoms with Crippen molar-refractivity contribution in [2.45, 2.75) is 6.42 Å². The van der Waals surface area contributed by atoms with Gasteiger partial charge in [-0.25, -0.2) is 0 Å². The monoisotopic (exact) mass is 361 g/mol. The molecule has 3 rings (SSSR count). The molecule has 5 nitrogen and oxygen atoms in total. The number of benzene rings is 3. The van der Waals surface area contributed by atoms with Crippen molar-refractivity contribution in [2.24, 2.45) is 4.99 Å². The van der Waals surface area contributed by atoms with Crippen LogP contribution in [0.5, 0.6) is 0 Å². The van der Waals surface area contributed by atoms with E-state index in [-0.39, 0.29) is 6.54 Å². The Kier molecular flexibility index (Phi) is 5.71. The largest absolute Gasteiger partial charge is 0.480 e. The average Bonchev–Trinajstić information content (AvgIpc) is 2.67. The van der Waals surface area contributed by atoms with Gasteiger partial charge in [0.2, 0.25) is 0 Å². The van der Waals surface area contributed by atoms with E-state index >= 15 is 0 Å². The van der Waals surface area contributed by atoms with E-state index in [1.165, 1.54) is 5.56 Å². The number of para-hydroxylation sites is 2. The molecule has 3 aromatic carbocycles. The number of hydrogen-bond acceptors (Lipinski definition) is 4. The molecule has 0 bridgehead atoms. The van der Waals surface area contributed by atoms with E-state index in [1.54, 1.807) is 11.9 Å². The average molecular weight is 361 g/mol. The standard InChI is InChI=1S/C22H23N3O2/c1-23-20-5-3-4-6-21(20)24-12-11-16-7-8-18-14-19(10-9-17(18)13-16)25(2)15-22(26)27/h3-10,12-14,23H,11,15H2,1-2H3,(H,26,27). The molecule has 0 amide bonds. The third-order valence-corrected chi connectivity index (χ3v) is 4.43. The number of carboxylic acids is 1. The number of rotatable bonds is 7. The van der Waals surface area contributed by atoms with Crippen LogP contribution in [-0.4, -0.2) is 37.9 Å². The summed E-state index contributed by atoms with van der Waals surface area (Å²) in [5.41, 5.74) is 4.00. The molecule has 0 unspecified atom stereocenters. The van der Waals surface area contributed by atoms with Crippen molar-refractivity contribution in [1.82, 2.24) is 0 Å². The van der Waals surface area contributed by atoms with Gasteiger partial charge < -0.3 is 15.3 Å². The lowest BCUT2D eigenvalue weighted by Crippen LogP contribution is -2.24. The Morgan fingerprint density at radius 1 is 1.11 bits per heavy atom. The fraction of sp³-hybridized carbons (Fsp3) is 0.182. The van der Waals surface area contributed by atoms with Gasteiger partial charge >= 0.3 is 5.97 Å². The fourth-order valence-electron chi connectivity index (χ4n) is 2.99. The normalized spacial score (nSPS) is 11.0. The maximum Gasteiger partial charge on any atom is 0.323 e. The summed E-state index contributed by atoms with van der Waals surface area (Å²) in [4.78, 5) is 17.2. The number of carbonyl (C=O) groups is 1. The zero-order chi connectivity index (χ0) is 19.2. The molecular formula is C22H23N3O2. The molecule has 0 atom stereocenters. The summed E-state index contributed by atoms with van der Waals surface area (Å²) >= 11 is 0. The maximum atomic E-state index is 10.9. The first kappa shape index (κ1) is 18.5. The molecule has 2 N–H and O–H groups in total. The molecule has 5 heteroatoms. The van der Waals surface area contributed by atoms with Gasteiger partial charge in [0.1, 0.15) is 6.54 Å². The first-order chi connectivity index (χ1) is 13.1. The SMILES string of the molecule is CNc1ccccc1N=CCc1ccc2cc(N(C)CC(=O)O)ccc2c1. The predicted octanol–water partition coefficient (Wildman–Crippen LogP) is 4.35. The minimum absolute atomic E-state index is 0.0197. The van der Waals surface area contributed by atoms with Gasteiger partial charge in [-0.15, -0.1) is 0 Å². The van der Waals surface area contributed by atoms with Crippen molar-refractivity contribution in [3.8, 4) is 0 Å². The molecular weight excluding hydrogens is 338 g/mol. The van der Waals surface area contributed by atoms with Crippen molar-refractivity contribution in [3.05, 3.63) is 66.2 Å². The Labute approximate surface area is 159 Å². The van der Waals surface area contributed by atoms with Gasteiger partial charge in [-0.3, -0.25) is 9.79 Å². The topological polar surface area (TPSA) is 64.9 Å². The lowest BCUT2D eigenvalue weighted by Gasteiger charge is -2.17. The molecule has 0 aromatic heterocycles. The Bertz CT molecular complexity index is 982. The second-order valence-electron chi connectivity index (χ2n) is 6.40. The highest BCUT2D eigenvalue weighted by atomic mass is 16.4. The molecule has 0 aliphatic carbocycles. The summed E-state index contributed by atoms with van der Waals surface area (Å²) in [5, 5.41) is 14.3. The summed E-state index contributed by atoms with van der Waals surface area (Å²) in [7, 11) is 3.67. The Hall–Kier alpha value is -3.34. The van der Waals surface area contributed by atoms with Crippen LogP contribution in [0, 0.1) is 0 Å². The van der Waals surface area contributed by atoms with E-state index in [1.807, 2.05) is 55.7 Å². The van der Waals surface area contributed by atoms with E-state index < -0.39 is 5.97 Å². The number of nitrogens with one attached hydrogen (secondary N) is 1. The van der Waals surface area contributed by atoms with Crippen molar-refractivity contribution in [3.63, 3.8) is 0 Å². The molecule has 138 valence electrons. The predicted molar refractivity (Wildman–Crippen MR) is 113 cm³/mol. The second kappa shape index (κ2) is 8.36. The van der Waals surface area contributed by atoms with Gasteiger partial charge in [-0.2, -0.15) is 0 Å². The molecule has 0 aliphatic rings. The van der Waals surface area contributed by atoms with Gasteiger partial charge in [-0.05, 0) is 40.6 Å². The quantitative estimate of drug-likeness (QED) is 0.614. The van der Waals surface area contributed by atoms with Crippen LogP contribution in [0.4, 0.5) is 17.1 Å². The van der Waals surface area contributed by atoms with Crippen molar-refractivity contribution >= 4 is 40.0 Å². The van der Waals surface area contributed by atoms with Crippen LogP contribution < -0.4 is 10.2 Å². The number of aliphatic carboxylic acids is 1. The minimum atomic E-state index is -0.841. The van der Waals surface area contributed by atoms with Crippen molar-refractivity contribution in [1.29, 1.82) is 0 Å². The van der Waals surface area contributed by atoms with Crippen LogP contribution in [0.25, 0.3) is 10.8 Å². The molecule has 27 heavy (non-hydrogen) atoms. The lowest BCUT2D eigenvalue weighted by atomic mass is 10.0. The minimum Gasteiger partial charge on any atom is -0.480 e. The third kappa shape index (κ3) is 4.64. The zero-order valence-corrected chi connectivity index (χ0v) is 15.5. The number of likely N-dealkylation sites (N-methyl/N-ethyl adjacent to an activating group) is 1. The highest BCUT2D eigenvalue weighted by molar-refractivity contribution is 5.88. The van der Waals surface area contributed by atoms with Crippen LogP contribution in [0.3, 0.4) is 0 Å². The van der Waals surface area contributed by atoms with Crippen molar-refractivity contribution < 1.29 is 9.90 Å². The van der Waals surface area contributed by atoms with Gasteiger partial charge in [0, 0.05) is 32.4 Å². The van der Waals surface area contributed by atoms with Crippen molar-refractivity contribution in [2.75, 3.05) is 30.9 Å². The second-order valence-corrected chi connectivity index (χ2v) is 6.40. The van der Waals surface area contributed by atoms with Crippen LogP contribution in [0.2, 0.25) is 0 Å². The summed E-state index contributed by atoms with van der Waals surface area (Å²) in [6.45, 7) is -0.0197. The van der Waals surface area contributed by atoms with E-state index in [2.05, 4.69) is 28.5 Å². The van der Waals surface area contributed by atoms with Gasteiger partial charge in [-0.1, -0.05) is 36.4 Å². The summed E-state index contributed by atoms with van der Waals surface area (Å²) in [6, 6.07) is 20.2. The smallest absolute Gasteiger partial charge is 0.323 e. The number of anilines is 2. The van der Waals surface area contributed by atoms with Crippen LogP contribution in [0.15, 0.2) is 65.7 Å². The highest BCUT2D eigenvalue weighted by Gasteiger charge is 2.06. The van der Waals surface area contributed by atoms with Gasteiger partial charge in [0.05, 0.1) is 11.4 Å². The van der Waals surface area contributed by atoms with E-state index in [0.29, 0.717) is 0 Å². The number of hydrogen-bond donors (Lipinski definition) is 2. The summed E-state index contributed by atoms with van der Waals surface area (Å²) in [6.07, 6.45) is 2.67. The highest BCUT2D eigenvalue weighted by Crippen LogP contribution is 2.24. The Morgan fingerprint density at radius 3 is 2.63 bits per heavy atom. The van der Waals surface area contributed by atoms with Crippen LogP contribution >= 0.6 is 0 Å². The fourth-order valence-corrected chi connectivity index (χ4v) is 2.99. The third-order valence-electron chi connectivity index (χ3n) is 4.43. The first-order valence-electron chi connectivity index (χ1n) is 8.82.